The first kappa shape index (κ1) is 18.7. The van der Waals surface area contributed by atoms with Gasteiger partial charge in [0.05, 0.1) is 18.5 Å². The van der Waals surface area contributed by atoms with Crippen molar-refractivity contribution in [2.75, 3.05) is 33.3 Å². The molecule has 0 atom stereocenters. The molecule has 26 heavy (non-hydrogen) atoms. The van der Waals surface area contributed by atoms with Gasteiger partial charge in [-0.3, -0.25) is 9.30 Å². The highest BCUT2D eigenvalue weighted by Crippen LogP contribution is 2.29. The van der Waals surface area contributed by atoms with Gasteiger partial charge in [-0.1, -0.05) is 18.2 Å². The van der Waals surface area contributed by atoms with Gasteiger partial charge in [0.1, 0.15) is 11.4 Å². The standard InChI is InChI=1S/C20H24N4O.ClH/c1-15-5-3-8-19-22-20(16-6-4-7-17(13-16)25-2)18(24(15)19)14-23-11-9-21-10-12-23;/h3-8,13,21H,9-12,14H2,1-2H3;1H. The summed E-state index contributed by atoms with van der Waals surface area (Å²) in [6, 6.07) is 14.5. The Balaban J connectivity index is 0.00000196. The van der Waals surface area contributed by atoms with Crippen LogP contribution in [-0.4, -0.2) is 47.6 Å². The number of nitrogens with one attached hydrogen (secondary N) is 1. The van der Waals surface area contributed by atoms with E-state index in [1.165, 1.54) is 11.4 Å². The van der Waals surface area contributed by atoms with E-state index in [1.807, 2.05) is 12.1 Å². The largest absolute Gasteiger partial charge is 0.497 e. The van der Waals surface area contributed by atoms with Gasteiger partial charge in [-0.15, -0.1) is 12.4 Å². The summed E-state index contributed by atoms with van der Waals surface area (Å²) in [6.07, 6.45) is 0. The molecule has 6 heteroatoms. The number of pyridine rings is 1. The molecule has 4 rings (SSSR count). The van der Waals surface area contributed by atoms with Crippen LogP contribution in [0.2, 0.25) is 0 Å². The van der Waals surface area contributed by atoms with E-state index in [9.17, 15) is 0 Å². The smallest absolute Gasteiger partial charge is 0.137 e. The van der Waals surface area contributed by atoms with Crippen molar-refractivity contribution >= 4 is 18.1 Å². The summed E-state index contributed by atoms with van der Waals surface area (Å²) < 4.78 is 7.70. The van der Waals surface area contributed by atoms with Gasteiger partial charge in [-0.25, -0.2) is 4.98 Å². The molecule has 0 saturated carbocycles. The van der Waals surface area contributed by atoms with Gasteiger partial charge in [0.2, 0.25) is 0 Å². The van der Waals surface area contributed by atoms with Gasteiger partial charge in [-0.2, -0.15) is 0 Å². The number of ether oxygens (including phenoxy) is 1. The fourth-order valence-electron chi connectivity index (χ4n) is 3.55. The minimum atomic E-state index is 0. The molecule has 2 aromatic heterocycles. The second-order valence-electron chi connectivity index (χ2n) is 6.53. The Morgan fingerprint density at radius 2 is 1.88 bits per heavy atom. The monoisotopic (exact) mass is 372 g/mol. The maximum atomic E-state index is 5.41. The van der Waals surface area contributed by atoms with Crippen LogP contribution in [-0.2, 0) is 6.54 Å². The van der Waals surface area contributed by atoms with Gasteiger partial charge in [-0.05, 0) is 31.2 Å². The molecule has 0 unspecified atom stereocenters. The number of hydrogen-bond acceptors (Lipinski definition) is 4. The SMILES string of the molecule is COc1cccc(-c2nc3cccc(C)n3c2CN2CCNCC2)c1.Cl. The molecular weight excluding hydrogens is 348 g/mol. The summed E-state index contributed by atoms with van der Waals surface area (Å²) in [6.45, 7) is 7.27. The summed E-state index contributed by atoms with van der Waals surface area (Å²) in [5.74, 6) is 0.861. The Bertz CT molecular complexity index is 887. The summed E-state index contributed by atoms with van der Waals surface area (Å²) in [4.78, 5) is 7.45. The molecule has 3 heterocycles. The molecule has 1 fully saturated rings. The second-order valence-corrected chi connectivity index (χ2v) is 6.53. The van der Waals surface area contributed by atoms with E-state index in [-0.39, 0.29) is 12.4 Å². The lowest BCUT2D eigenvalue weighted by Gasteiger charge is -2.27. The number of nitrogens with zero attached hydrogens (tertiary/aromatic N) is 3. The van der Waals surface area contributed by atoms with Gasteiger partial charge >= 0.3 is 0 Å². The first-order valence-corrected chi connectivity index (χ1v) is 8.81. The second kappa shape index (κ2) is 8.08. The number of aromatic nitrogens is 2. The molecule has 0 bridgehead atoms. The van der Waals surface area contributed by atoms with Crippen LogP contribution < -0.4 is 10.1 Å². The van der Waals surface area contributed by atoms with Crippen molar-refractivity contribution in [3.63, 3.8) is 0 Å². The molecule has 0 amide bonds. The first-order chi connectivity index (χ1) is 12.3. The fourth-order valence-corrected chi connectivity index (χ4v) is 3.55. The van der Waals surface area contributed by atoms with Crippen LogP contribution in [0, 0.1) is 6.92 Å². The van der Waals surface area contributed by atoms with Crippen molar-refractivity contribution in [2.24, 2.45) is 0 Å². The van der Waals surface area contributed by atoms with E-state index in [4.69, 9.17) is 9.72 Å². The number of piperazine rings is 1. The lowest BCUT2D eigenvalue weighted by atomic mass is 10.1. The zero-order valence-corrected chi connectivity index (χ0v) is 16.1. The number of benzene rings is 1. The summed E-state index contributed by atoms with van der Waals surface area (Å²) >= 11 is 0. The van der Waals surface area contributed by atoms with E-state index >= 15 is 0 Å². The van der Waals surface area contributed by atoms with Crippen LogP contribution in [0.3, 0.4) is 0 Å². The zero-order chi connectivity index (χ0) is 17.2. The Kier molecular flexibility index (Phi) is 5.81. The van der Waals surface area contributed by atoms with E-state index in [1.54, 1.807) is 7.11 Å². The molecular formula is C20H25ClN4O. The van der Waals surface area contributed by atoms with Crippen LogP contribution >= 0.6 is 12.4 Å². The average molecular weight is 373 g/mol. The Hall–Kier alpha value is -2.08. The quantitative estimate of drug-likeness (QED) is 0.764. The number of aryl methyl sites for hydroxylation is 1. The maximum absolute atomic E-state index is 5.41. The minimum Gasteiger partial charge on any atom is -0.497 e. The van der Waals surface area contributed by atoms with E-state index in [0.717, 1.165) is 55.4 Å². The van der Waals surface area contributed by atoms with Crippen molar-refractivity contribution in [3.8, 4) is 17.0 Å². The number of imidazole rings is 1. The molecule has 138 valence electrons. The van der Waals surface area contributed by atoms with Gasteiger partial charge in [0.15, 0.2) is 0 Å². The highest BCUT2D eigenvalue weighted by Gasteiger charge is 2.19. The maximum Gasteiger partial charge on any atom is 0.137 e. The predicted octanol–water partition coefficient (Wildman–Crippen LogP) is 3.15. The van der Waals surface area contributed by atoms with E-state index in [2.05, 4.69) is 51.9 Å². The molecule has 1 aliphatic rings. The summed E-state index contributed by atoms with van der Waals surface area (Å²) in [5, 5.41) is 3.42. The third kappa shape index (κ3) is 3.56. The highest BCUT2D eigenvalue weighted by atomic mass is 35.5. The molecule has 0 aliphatic carbocycles. The lowest BCUT2D eigenvalue weighted by molar-refractivity contribution is 0.230. The Morgan fingerprint density at radius 1 is 1.12 bits per heavy atom. The van der Waals surface area contributed by atoms with Crippen molar-refractivity contribution in [1.82, 2.24) is 19.6 Å². The zero-order valence-electron chi connectivity index (χ0n) is 15.2. The summed E-state index contributed by atoms with van der Waals surface area (Å²) in [7, 11) is 1.70. The van der Waals surface area contributed by atoms with Crippen LogP contribution in [0.25, 0.3) is 16.9 Å². The average Bonchev–Trinajstić information content (AvgIpc) is 3.02. The number of fused-ring (bicyclic) bond motifs is 1. The van der Waals surface area contributed by atoms with Gasteiger partial charge < -0.3 is 10.1 Å². The Labute approximate surface area is 160 Å². The number of methoxy groups -OCH3 is 1. The normalized spacial score (nSPS) is 15.0. The molecule has 1 aliphatic heterocycles. The fraction of sp³-hybridized carbons (Fsp3) is 0.350. The molecule has 5 nitrogen and oxygen atoms in total. The van der Waals surface area contributed by atoms with Crippen LogP contribution in [0.5, 0.6) is 5.75 Å². The number of hydrogen-bond donors (Lipinski definition) is 1. The molecule has 1 aromatic carbocycles. The van der Waals surface area contributed by atoms with Crippen molar-refractivity contribution in [1.29, 1.82) is 0 Å². The topological polar surface area (TPSA) is 41.8 Å². The number of rotatable bonds is 4. The molecule has 0 spiro atoms. The third-order valence-corrected chi connectivity index (χ3v) is 4.86. The van der Waals surface area contributed by atoms with Crippen molar-refractivity contribution in [2.45, 2.75) is 13.5 Å². The minimum absolute atomic E-state index is 0. The van der Waals surface area contributed by atoms with Gasteiger partial charge in [0.25, 0.3) is 0 Å². The molecule has 1 N–H and O–H groups in total. The van der Waals surface area contributed by atoms with E-state index in [0.29, 0.717) is 0 Å². The third-order valence-electron chi connectivity index (χ3n) is 4.86. The Morgan fingerprint density at radius 3 is 2.65 bits per heavy atom. The highest BCUT2D eigenvalue weighted by molar-refractivity contribution is 5.85. The first-order valence-electron chi connectivity index (χ1n) is 8.81. The summed E-state index contributed by atoms with van der Waals surface area (Å²) in [5.41, 5.74) is 5.62. The van der Waals surface area contributed by atoms with Gasteiger partial charge in [0, 0.05) is 44.0 Å². The van der Waals surface area contributed by atoms with Crippen LogP contribution in [0.15, 0.2) is 42.5 Å². The predicted molar refractivity (Wildman–Crippen MR) is 107 cm³/mol. The van der Waals surface area contributed by atoms with Crippen molar-refractivity contribution < 1.29 is 4.74 Å². The molecule has 0 radical (unpaired) electrons. The van der Waals surface area contributed by atoms with Crippen molar-refractivity contribution in [3.05, 3.63) is 53.9 Å². The molecule has 1 saturated heterocycles. The lowest BCUT2D eigenvalue weighted by Crippen LogP contribution is -2.43. The number of halogens is 1. The van der Waals surface area contributed by atoms with Crippen LogP contribution in [0.4, 0.5) is 0 Å². The van der Waals surface area contributed by atoms with Crippen LogP contribution in [0.1, 0.15) is 11.4 Å². The van der Waals surface area contributed by atoms with E-state index < -0.39 is 0 Å². The molecule has 3 aromatic rings.